The number of rotatable bonds is 4. The monoisotopic (exact) mass is 549 g/mol. The van der Waals surface area contributed by atoms with Crippen molar-refractivity contribution in [2.75, 3.05) is 19.0 Å². The standard InChI is InChI=1S/C27H20FN3O2SSe/c1-29-25(32)22(26(33)30(2)27(29)34)16-20-14-15-24(35-20)31(19-12-10-18(28)11-13-19)23-9-5-7-17-6-3-4-8-21(17)23/h3-16H,1-2H3. The molecular formula is C27H20FN3O2SSe. The Balaban J connectivity index is 1.62. The summed E-state index contributed by atoms with van der Waals surface area (Å²) in [5.74, 6) is -1.12. The number of halogens is 1. The molecule has 0 aliphatic carbocycles. The van der Waals surface area contributed by atoms with E-state index in [4.69, 9.17) is 12.2 Å². The minimum atomic E-state index is -0.410. The summed E-state index contributed by atoms with van der Waals surface area (Å²) >= 11 is 4.96. The van der Waals surface area contributed by atoms with Crippen LogP contribution in [0.15, 0.2) is 84.4 Å². The van der Waals surface area contributed by atoms with Gasteiger partial charge >= 0.3 is 214 Å². The number of fused-ring (bicyclic) bond motifs is 1. The van der Waals surface area contributed by atoms with Crippen LogP contribution >= 0.6 is 12.2 Å². The molecule has 174 valence electrons. The van der Waals surface area contributed by atoms with Gasteiger partial charge in [0.05, 0.1) is 0 Å². The topological polar surface area (TPSA) is 43.9 Å². The second-order valence-corrected chi connectivity index (χ2v) is 10.7. The molecule has 0 N–H and O–H groups in total. The van der Waals surface area contributed by atoms with Crippen molar-refractivity contribution in [2.45, 2.75) is 0 Å². The zero-order valence-corrected chi connectivity index (χ0v) is 21.5. The fraction of sp³-hybridized carbons (Fsp3) is 0.0741. The SMILES string of the molecule is CN1C(=O)C(=Cc2ccc(N(c3ccc(F)cc3)c3cccc4ccccc34)[se]2)C(=O)N(C)C1=S. The Bertz CT molecular complexity index is 1480. The first-order valence-corrected chi connectivity index (χ1v) is 12.9. The van der Waals surface area contributed by atoms with Crippen LogP contribution in [0.4, 0.5) is 20.3 Å². The van der Waals surface area contributed by atoms with Gasteiger partial charge in [0.15, 0.2) is 0 Å². The Labute approximate surface area is 213 Å². The quantitative estimate of drug-likeness (QED) is 0.154. The van der Waals surface area contributed by atoms with E-state index in [0.29, 0.717) is 0 Å². The molecule has 1 aliphatic heterocycles. The summed E-state index contributed by atoms with van der Waals surface area (Å²) in [6, 6.07) is 24.5. The van der Waals surface area contributed by atoms with Gasteiger partial charge in [-0.25, -0.2) is 0 Å². The molecule has 3 aromatic carbocycles. The number of hydrogen-bond acceptors (Lipinski definition) is 4. The van der Waals surface area contributed by atoms with Crippen molar-refractivity contribution >= 4 is 76.4 Å². The molecule has 0 radical (unpaired) electrons. The Morgan fingerprint density at radius 2 is 1.51 bits per heavy atom. The van der Waals surface area contributed by atoms with Crippen LogP contribution in [0.25, 0.3) is 16.8 Å². The number of thiocarbonyl (C=S) groups is 1. The molecule has 1 aliphatic rings. The molecule has 1 saturated heterocycles. The van der Waals surface area contributed by atoms with Crippen LogP contribution in [0.1, 0.15) is 4.44 Å². The third-order valence-corrected chi connectivity index (χ3v) is 8.54. The maximum absolute atomic E-state index is 13.7. The van der Waals surface area contributed by atoms with E-state index in [2.05, 4.69) is 23.1 Å². The van der Waals surface area contributed by atoms with Crippen LogP contribution in [-0.4, -0.2) is 55.3 Å². The van der Waals surface area contributed by atoms with Crippen molar-refractivity contribution in [3.05, 3.63) is 94.7 Å². The fourth-order valence-corrected chi connectivity index (χ4v) is 6.27. The van der Waals surface area contributed by atoms with Gasteiger partial charge in [0.25, 0.3) is 0 Å². The molecule has 35 heavy (non-hydrogen) atoms. The van der Waals surface area contributed by atoms with Crippen molar-refractivity contribution in [3.63, 3.8) is 0 Å². The van der Waals surface area contributed by atoms with Crippen molar-refractivity contribution < 1.29 is 14.0 Å². The average molecular weight is 549 g/mol. The summed E-state index contributed by atoms with van der Waals surface area (Å²) in [5, 5.41) is 2.34. The fourth-order valence-electron chi connectivity index (χ4n) is 4.04. The van der Waals surface area contributed by atoms with E-state index in [9.17, 15) is 14.0 Å². The van der Waals surface area contributed by atoms with Gasteiger partial charge in [-0.05, 0) is 0 Å². The molecule has 1 aromatic heterocycles. The van der Waals surface area contributed by atoms with E-state index in [1.165, 1.54) is 21.9 Å². The van der Waals surface area contributed by atoms with Crippen LogP contribution in [0.5, 0.6) is 0 Å². The predicted molar refractivity (Wildman–Crippen MR) is 142 cm³/mol. The molecule has 1 fully saturated rings. The molecule has 2 amide bonds. The second-order valence-electron chi connectivity index (χ2n) is 8.06. The molecular weight excluding hydrogens is 528 g/mol. The Morgan fingerprint density at radius 1 is 0.857 bits per heavy atom. The summed E-state index contributed by atoms with van der Waals surface area (Å²) in [7, 11) is 3.13. The number of hydrogen-bond donors (Lipinski definition) is 0. The van der Waals surface area contributed by atoms with Crippen LogP contribution in [0, 0.1) is 5.82 Å². The van der Waals surface area contributed by atoms with E-state index in [0.717, 1.165) is 31.1 Å². The van der Waals surface area contributed by atoms with Crippen LogP contribution in [0.2, 0.25) is 0 Å². The molecule has 0 unspecified atom stereocenters. The van der Waals surface area contributed by atoms with Gasteiger partial charge in [-0.15, -0.1) is 0 Å². The van der Waals surface area contributed by atoms with Gasteiger partial charge in [0, 0.05) is 0 Å². The van der Waals surface area contributed by atoms with Gasteiger partial charge in [0.1, 0.15) is 0 Å². The van der Waals surface area contributed by atoms with E-state index in [1.807, 2.05) is 36.4 Å². The van der Waals surface area contributed by atoms with Crippen molar-refractivity contribution in [1.82, 2.24) is 9.80 Å². The number of benzene rings is 3. The average Bonchev–Trinajstić information content (AvgIpc) is 3.34. The number of likely N-dealkylation sites (N-methyl/N-ethyl adjacent to an activating group) is 2. The van der Waals surface area contributed by atoms with Gasteiger partial charge < -0.3 is 0 Å². The van der Waals surface area contributed by atoms with E-state index >= 15 is 0 Å². The van der Waals surface area contributed by atoms with Crippen LogP contribution in [-0.2, 0) is 9.59 Å². The van der Waals surface area contributed by atoms with Crippen molar-refractivity contribution in [3.8, 4) is 0 Å². The molecule has 0 atom stereocenters. The summed E-state index contributed by atoms with van der Waals surface area (Å²) in [6.07, 6.45) is 1.66. The molecule has 5 rings (SSSR count). The molecule has 4 aromatic rings. The Morgan fingerprint density at radius 3 is 2.23 bits per heavy atom. The van der Waals surface area contributed by atoms with E-state index < -0.39 is 11.8 Å². The summed E-state index contributed by atoms with van der Waals surface area (Å²) < 4.78 is 15.6. The van der Waals surface area contributed by atoms with Gasteiger partial charge in [-0.2, -0.15) is 0 Å². The van der Waals surface area contributed by atoms with Crippen LogP contribution < -0.4 is 4.90 Å². The summed E-state index contributed by atoms with van der Waals surface area (Å²) in [5.41, 5.74) is 1.89. The first-order valence-electron chi connectivity index (χ1n) is 10.8. The number of carbonyl (C=O) groups is 2. The summed E-state index contributed by atoms with van der Waals surface area (Å²) in [4.78, 5) is 30.2. The predicted octanol–water partition coefficient (Wildman–Crippen LogP) is 5.10. The third-order valence-electron chi connectivity index (χ3n) is 5.86. The Kier molecular flexibility index (Phi) is 6.11. The van der Waals surface area contributed by atoms with Gasteiger partial charge in [0.2, 0.25) is 0 Å². The van der Waals surface area contributed by atoms with Gasteiger partial charge in [-0.1, -0.05) is 0 Å². The maximum atomic E-state index is 13.7. The third kappa shape index (κ3) is 4.21. The van der Waals surface area contributed by atoms with Gasteiger partial charge in [-0.3, -0.25) is 0 Å². The molecule has 2 heterocycles. The van der Waals surface area contributed by atoms with Crippen molar-refractivity contribution in [2.24, 2.45) is 0 Å². The summed E-state index contributed by atoms with van der Waals surface area (Å²) in [6.45, 7) is 0. The molecule has 0 bridgehead atoms. The molecule has 8 heteroatoms. The van der Waals surface area contributed by atoms with E-state index in [-0.39, 0.29) is 31.0 Å². The first-order chi connectivity index (χ1) is 16.8. The number of nitrogens with zero attached hydrogens (tertiary/aromatic N) is 3. The zero-order chi connectivity index (χ0) is 24.7. The molecule has 5 nitrogen and oxygen atoms in total. The second kappa shape index (κ2) is 9.23. The number of anilines is 3. The van der Waals surface area contributed by atoms with Crippen LogP contribution in [0.3, 0.4) is 0 Å². The first kappa shape index (κ1) is 23.2. The molecule has 0 saturated carbocycles. The van der Waals surface area contributed by atoms with Crippen molar-refractivity contribution in [1.29, 1.82) is 0 Å². The minimum absolute atomic E-state index is 0.0878. The Hall–Kier alpha value is -3.58. The molecule has 0 spiro atoms. The zero-order valence-electron chi connectivity index (χ0n) is 18.9. The number of carbonyl (C=O) groups excluding carboxylic acids is 2. The number of amides is 2. The van der Waals surface area contributed by atoms with E-state index in [1.54, 1.807) is 32.3 Å². The normalized spacial score (nSPS) is 14.1.